The summed E-state index contributed by atoms with van der Waals surface area (Å²) in [7, 11) is 0. The fraction of sp³-hybridized carbons (Fsp3) is 0.611. The smallest absolute Gasteiger partial charge is 0.253 e. The van der Waals surface area contributed by atoms with Crippen LogP contribution in [-0.4, -0.2) is 32.4 Å². The zero-order valence-electron chi connectivity index (χ0n) is 13.6. The molecule has 1 amide bonds. The summed E-state index contributed by atoms with van der Waals surface area (Å²) in [6.07, 6.45) is 9.68. The Morgan fingerprint density at radius 3 is 2.48 bits per heavy atom. The van der Waals surface area contributed by atoms with Crippen LogP contribution >= 0.6 is 0 Å². The molecule has 0 aromatic carbocycles. The van der Waals surface area contributed by atoms with Gasteiger partial charge in [0.25, 0.3) is 5.56 Å². The standard InChI is InChI=1S/C18H23N3O2/c1-12-7-17(22)20(11-19-12)10-18(23)21-15-5-6-16(21)9-14(8-15)13-3-2-4-13/h7,11,15-16H,2-6,8-10H2,1H3. The van der Waals surface area contributed by atoms with E-state index in [2.05, 4.69) is 9.88 Å². The lowest BCUT2D eigenvalue weighted by Gasteiger charge is -2.38. The number of aromatic nitrogens is 2. The fourth-order valence-electron chi connectivity index (χ4n) is 4.28. The average molecular weight is 313 g/mol. The van der Waals surface area contributed by atoms with Gasteiger partial charge in [-0.2, -0.15) is 0 Å². The van der Waals surface area contributed by atoms with Gasteiger partial charge in [-0.15, -0.1) is 0 Å². The van der Waals surface area contributed by atoms with Crippen LogP contribution in [0.15, 0.2) is 28.3 Å². The summed E-state index contributed by atoms with van der Waals surface area (Å²) in [5.41, 5.74) is 3.83. The van der Waals surface area contributed by atoms with Crippen molar-refractivity contribution in [3.05, 3.63) is 39.6 Å². The SMILES string of the molecule is Cc1cc(=O)n(CC(=O)N2C3CCC2CC(=C2CCC2)C3)cn1. The van der Waals surface area contributed by atoms with Crippen molar-refractivity contribution in [2.45, 2.75) is 70.5 Å². The molecular formula is C18H23N3O2. The third-order valence-corrected chi connectivity index (χ3v) is 5.65. The minimum Gasteiger partial charge on any atom is -0.335 e. The molecule has 0 N–H and O–H groups in total. The van der Waals surface area contributed by atoms with Crippen LogP contribution in [0.5, 0.6) is 0 Å². The second-order valence-corrected chi connectivity index (χ2v) is 7.15. The van der Waals surface area contributed by atoms with Crippen LogP contribution in [0.1, 0.15) is 50.6 Å². The number of carbonyl (C=O) groups excluding carboxylic acids is 1. The van der Waals surface area contributed by atoms with Crippen LogP contribution in [0.2, 0.25) is 0 Å². The van der Waals surface area contributed by atoms with Crippen LogP contribution in [-0.2, 0) is 11.3 Å². The molecule has 4 rings (SSSR count). The number of nitrogens with zero attached hydrogens (tertiary/aromatic N) is 3. The first-order valence-corrected chi connectivity index (χ1v) is 8.66. The number of amides is 1. The minimum atomic E-state index is -0.146. The second-order valence-electron chi connectivity index (χ2n) is 7.15. The van der Waals surface area contributed by atoms with Gasteiger partial charge in [-0.3, -0.25) is 14.2 Å². The molecule has 1 aromatic rings. The number of carbonyl (C=O) groups is 1. The summed E-state index contributed by atoms with van der Waals surface area (Å²) in [6.45, 7) is 1.90. The molecule has 2 unspecified atom stereocenters. The molecule has 5 heteroatoms. The molecule has 3 heterocycles. The summed E-state index contributed by atoms with van der Waals surface area (Å²) in [5, 5.41) is 0. The van der Waals surface area contributed by atoms with Crippen molar-refractivity contribution < 1.29 is 4.79 Å². The largest absolute Gasteiger partial charge is 0.335 e. The monoisotopic (exact) mass is 313 g/mol. The lowest BCUT2D eigenvalue weighted by molar-refractivity contribution is -0.135. The van der Waals surface area contributed by atoms with E-state index >= 15 is 0 Å². The van der Waals surface area contributed by atoms with Crippen molar-refractivity contribution in [1.82, 2.24) is 14.5 Å². The van der Waals surface area contributed by atoms with Crippen LogP contribution in [0.4, 0.5) is 0 Å². The zero-order chi connectivity index (χ0) is 16.0. The van der Waals surface area contributed by atoms with E-state index < -0.39 is 0 Å². The molecule has 2 atom stereocenters. The first-order chi connectivity index (χ1) is 11.1. The number of aryl methyl sites for hydroxylation is 1. The first-order valence-electron chi connectivity index (χ1n) is 8.66. The predicted octanol–water partition coefficient (Wildman–Crippen LogP) is 2.19. The fourth-order valence-corrected chi connectivity index (χ4v) is 4.28. The van der Waals surface area contributed by atoms with Crippen molar-refractivity contribution in [2.24, 2.45) is 0 Å². The number of hydrogen-bond acceptors (Lipinski definition) is 3. The molecule has 5 nitrogen and oxygen atoms in total. The minimum absolute atomic E-state index is 0.0721. The summed E-state index contributed by atoms with van der Waals surface area (Å²) in [6, 6.07) is 2.17. The maximum absolute atomic E-state index is 12.7. The van der Waals surface area contributed by atoms with Crippen molar-refractivity contribution in [1.29, 1.82) is 0 Å². The van der Waals surface area contributed by atoms with Crippen LogP contribution in [0.3, 0.4) is 0 Å². The zero-order valence-corrected chi connectivity index (χ0v) is 13.6. The third kappa shape index (κ3) is 2.62. The lowest BCUT2D eigenvalue weighted by Crippen LogP contribution is -2.47. The van der Waals surface area contributed by atoms with Crippen LogP contribution in [0.25, 0.3) is 0 Å². The number of rotatable bonds is 2. The van der Waals surface area contributed by atoms with E-state index in [0.29, 0.717) is 17.8 Å². The Hall–Kier alpha value is -1.91. The Bertz CT molecular complexity index is 712. The van der Waals surface area contributed by atoms with E-state index in [1.807, 2.05) is 0 Å². The summed E-state index contributed by atoms with van der Waals surface area (Å²) >= 11 is 0. The van der Waals surface area contributed by atoms with Crippen molar-refractivity contribution in [3.8, 4) is 0 Å². The first kappa shape index (κ1) is 14.7. The Balaban J connectivity index is 1.50. The van der Waals surface area contributed by atoms with E-state index in [-0.39, 0.29) is 18.0 Å². The predicted molar refractivity (Wildman–Crippen MR) is 87.0 cm³/mol. The van der Waals surface area contributed by atoms with Gasteiger partial charge in [0.1, 0.15) is 6.54 Å². The van der Waals surface area contributed by atoms with Crippen molar-refractivity contribution in [2.75, 3.05) is 0 Å². The molecule has 2 bridgehead atoms. The van der Waals surface area contributed by atoms with Gasteiger partial charge in [-0.1, -0.05) is 11.1 Å². The number of piperidine rings is 1. The number of fused-ring (bicyclic) bond motifs is 2. The van der Waals surface area contributed by atoms with Crippen molar-refractivity contribution >= 4 is 5.91 Å². The number of allylic oxidation sites excluding steroid dienone is 1. The van der Waals surface area contributed by atoms with Gasteiger partial charge in [0, 0.05) is 23.8 Å². The summed E-state index contributed by atoms with van der Waals surface area (Å²) < 4.78 is 1.43. The Labute approximate surface area is 136 Å². The topological polar surface area (TPSA) is 55.2 Å². The van der Waals surface area contributed by atoms with Crippen molar-refractivity contribution in [3.63, 3.8) is 0 Å². The molecule has 3 fully saturated rings. The van der Waals surface area contributed by atoms with Gasteiger partial charge in [0.05, 0.1) is 6.33 Å². The highest BCUT2D eigenvalue weighted by molar-refractivity contribution is 5.77. The van der Waals surface area contributed by atoms with E-state index in [1.165, 1.54) is 36.2 Å². The van der Waals surface area contributed by atoms with E-state index in [4.69, 9.17) is 0 Å². The quantitative estimate of drug-likeness (QED) is 0.787. The van der Waals surface area contributed by atoms with Gasteiger partial charge in [-0.25, -0.2) is 4.98 Å². The summed E-state index contributed by atoms with van der Waals surface area (Å²) in [4.78, 5) is 30.9. The number of hydrogen-bond donors (Lipinski definition) is 0. The Morgan fingerprint density at radius 1 is 1.22 bits per heavy atom. The highest BCUT2D eigenvalue weighted by atomic mass is 16.2. The molecule has 2 aliphatic heterocycles. The molecule has 1 saturated carbocycles. The van der Waals surface area contributed by atoms with E-state index in [9.17, 15) is 9.59 Å². The molecule has 1 aromatic heterocycles. The molecule has 1 aliphatic carbocycles. The molecule has 23 heavy (non-hydrogen) atoms. The lowest BCUT2D eigenvalue weighted by atomic mass is 9.82. The van der Waals surface area contributed by atoms with Crippen LogP contribution < -0.4 is 5.56 Å². The van der Waals surface area contributed by atoms with E-state index in [0.717, 1.165) is 25.7 Å². The molecular weight excluding hydrogens is 290 g/mol. The maximum Gasteiger partial charge on any atom is 0.253 e. The average Bonchev–Trinajstić information content (AvgIpc) is 2.72. The van der Waals surface area contributed by atoms with Gasteiger partial charge in [0.15, 0.2) is 0 Å². The molecule has 0 radical (unpaired) electrons. The Morgan fingerprint density at radius 2 is 1.91 bits per heavy atom. The van der Waals surface area contributed by atoms with Gasteiger partial charge >= 0.3 is 0 Å². The molecule has 0 spiro atoms. The van der Waals surface area contributed by atoms with Gasteiger partial charge < -0.3 is 4.90 Å². The summed E-state index contributed by atoms with van der Waals surface area (Å²) in [5.74, 6) is 0.0721. The highest BCUT2D eigenvalue weighted by Crippen LogP contribution is 2.43. The second kappa shape index (κ2) is 5.62. The van der Waals surface area contributed by atoms with Gasteiger partial charge in [-0.05, 0) is 51.9 Å². The molecule has 2 saturated heterocycles. The third-order valence-electron chi connectivity index (χ3n) is 5.65. The maximum atomic E-state index is 12.7. The van der Waals surface area contributed by atoms with E-state index in [1.54, 1.807) is 18.1 Å². The molecule has 122 valence electrons. The highest BCUT2D eigenvalue weighted by Gasteiger charge is 2.42. The van der Waals surface area contributed by atoms with Gasteiger partial charge in [0.2, 0.25) is 5.91 Å². The Kier molecular flexibility index (Phi) is 3.58. The normalized spacial score (nSPS) is 26.4. The molecule has 3 aliphatic rings. The van der Waals surface area contributed by atoms with Crippen LogP contribution in [0, 0.1) is 6.92 Å².